The Kier molecular flexibility index (Phi) is 8.03. The number of nitrogens with zero attached hydrogens (tertiary/aromatic N) is 1. The van der Waals surface area contributed by atoms with E-state index in [1.54, 1.807) is 54.6 Å². The molecule has 0 aromatic heterocycles. The van der Waals surface area contributed by atoms with Crippen LogP contribution in [0.2, 0.25) is 0 Å². The summed E-state index contributed by atoms with van der Waals surface area (Å²) in [6.45, 7) is 2.53. The van der Waals surface area contributed by atoms with Crippen molar-refractivity contribution < 1.29 is 23.4 Å². The third-order valence-corrected chi connectivity index (χ3v) is 4.59. The number of nitrogens with one attached hydrogen (secondary N) is 1. The SMILES string of the molecule is CCOc1ccc(NC(=O)/C(C#N)=C/c2ccc(OC)cc2OCc2cccc(F)c2)cc1. The number of ether oxygens (including phenoxy) is 3. The second-order valence-corrected chi connectivity index (χ2v) is 6.90. The Morgan fingerprint density at radius 3 is 2.48 bits per heavy atom. The molecule has 0 bridgehead atoms. The minimum atomic E-state index is -0.562. The summed E-state index contributed by atoms with van der Waals surface area (Å²) in [7, 11) is 1.52. The highest BCUT2D eigenvalue weighted by Crippen LogP contribution is 2.28. The molecule has 0 unspecified atom stereocenters. The number of rotatable bonds is 9. The van der Waals surface area contributed by atoms with Crippen LogP contribution in [0, 0.1) is 17.1 Å². The Labute approximate surface area is 191 Å². The molecule has 3 aromatic carbocycles. The molecule has 0 spiro atoms. The first-order chi connectivity index (χ1) is 16.0. The topological polar surface area (TPSA) is 80.6 Å². The zero-order chi connectivity index (χ0) is 23.6. The number of nitriles is 1. The van der Waals surface area contributed by atoms with Gasteiger partial charge in [-0.1, -0.05) is 12.1 Å². The van der Waals surface area contributed by atoms with Crippen LogP contribution < -0.4 is 19.5 Å². The number of amides is 1. The highest BCUT2D eigenvalue weighted by molar-refractivity contribution is 6.09. The van der Waals surface area contributed by atoms with Crippen molar-refractivity contribution in [2.45, 2.75) is 13.5 Å². The minimum Gasteiger partial charge on any atom is -0.497 e. The molecular formula is C26H23FN2O4. The molecule has 1 N–H and O–H groups in total. The predicted molar refractivity (Wildman–Crippen MR) is 124 cm³/mol. The van der Waals surface area contributed by atoms with E-state index < -0.39 is 5.91 Å². The quantitative estimate of drug-likeness (QED) is 0.354. The molecule has 0 saturated heterocycles. The van der Waals surface area contributed by atoms with Crippen LogP contribution in [0.1, 0.15) is 18.1 Å². The fourth-order valence-electron chi connectivity index (χ4n) is 2.98. The predicted octanol–water partition coefficient (Wildman–Crippen LogP) is 5.36. The summed E-state index contributed by atoms with van der Waals surface area (Å²) < 4.78 is 30.0. The highest BCUT2D eigenvalue weighted by atomic mass is 19.1. The maximum atomic E-state index is 13.5. The van der Waals surface area contributed by atoms with Gasteiger partial charge in [0.05, 0.1) is 13.7 Å². The van der Waals surface area contributed by atoms with Gasteiger partial charge in [-0.3, -0.25) is 4.79 Å². The first-order valence-corrected chi connectivity index (χ1v) is 10.2. The molecule has 6 nitrogen and oxygen atoms in total. The van der Waals surface area contributed by atoms with Gasteiger partial charge in [0.25, 0.3) is 5.91 Å². The summed E-state index contributed by atoms with van der Waals surface area (Å²) in [5, 5.41) is 12.3. The monoisotopic (exact) mass is 446 g/mol. The number of methoxy groups -OCH3 is 1. The van der Waals surface area contributed by atoms with Gasteiger partial charge in [-0.05, 0) is 67.1 Å². The van der Waals surface area contributed by atoms with Crippen LogP contribution in [-0.2, 0) is 11.4 Å². The molecule has 3 aromatic rings. The van der Waals surface area contributed by atoms with Crippen molar-refractivity contribution in [3.63, 3.8) is 0 Å². The first kappa shape index (κ1) is 23.4. The normalized spacial score (nSPS) is 10.8. The average molecular weight is 446 g/mol. The number of benzene rings is 3. The van der Waals surface area contributed by atoms with E-state index in [-0.39, 0.29) is 18.0 Å². The van der Waals surface area contributed by atoms with Crippen LogP contribution in [-0.4, -0.2) is 19.6 Å². The van der Waals surface area contributed by atoms with Crippen LogP contribution in [0.3, 0.4) is 0 Å². The van der Waals surface area contributed by atoms with Crippen molar-refractivity contribution in [3.8, 4) is 23.3 Å². The lowest BCUT2D eigenvalue weighted by atomic mass is 10.1. The second kappa shape index (κ2) is 11.3. The number of carbonyl (C=O) groups excluding carboxylic acids is 1. The summed E-state index contributed by atoms with van der Waals surface area (Å²) in [6.07, 6.45) is 1.43. The minimum absolute atomic E-state index is 0.103. The number of halogens is 1. The van der Waals surface area contributed by atoms with E-state index in [9.17, 15) is 14.4 Å². The number of hydrogen-bond donors (Lipinski definition) is 1. The van der Waals surface area contributed by atoms with Crippen LogP contribution in [0.15, 0.2) is 72.3 Å². The Bertz CT molecular complexity index is 1180. The van der Waals surface area contributed by atoms with Gasteiger partial charge in [-0.15, -0.1) is 0 Å². The van der Waals surface area contributed by atoms with Gasteiger partial charge in [0.15, 0.2) is 0 Å². The summed E-state index contributed by atoms with van der Waals surface area (Å²) in [4.78, 5) is 12.7. The molecule has 168 valence electrons. The largest absolute Gasteiger partial charge is 0.497 e. The van der Waals surface area contributed by atoms with Crippen molar-refractivity contribution in [3.05, 3.63) is 89.2 Å². The van der Waals surface area contributed by atoms with Crippen molar-refractivity contribution in [1.82, 2.24) is 0 Å². The fraction of sp³-hybridized carbons (Fsp3) is 0.154. The lowest BCUT2D eigenvalue weighted by molar-refractivity contribution is -0.112. The van der Waals surface area contributed by atoms with Gasteiger partial charge in [0.2, 0.25) is 0 Å². The van der Waals surface area contributed by atoms with Gasteiger partial charge in [0.1, 0.15) is 41.3 Å². The number of carbonyl (C=O) groups is 1. The standard InChI is InChI=1S/C26H23FN2O4/c1-3-32-23-11-8-22(9-12-23)29-26(30)20(16-28)14-19-7-10-24(31-2)15-25(19)33-17-18-5-4-6-21(27)13-18/h4-15H,3,17H2,1-2H3,(H,29,30)/b20-14+. The van der Waals surface area contributed by atoms with Crippen molar-refractivity contribution >= 4 is 17.7 Å². The van der Waals surface area contributed by atoms with Gasteiger partial charge < -0.3 is 19.5 Å². The van der Waals surface area contributed by atoms with Crippen molar-refractivity contribution in [2.75, 3.05) is 19.0 Å². The molecule has 33 heavy (non-hydrogen) atoms. The van der Waals surface area contributed by atoms with Gasteiger partial charge in [-0.25, -0.2) is 4.39 Å². The Balaban J connectivity index is 1.81. The average Bonchev–Trinajstić information content (AvgIpc) is 2.83. The van der Waals surface area contributed by atoms with E-state index in [1.165, 1.54) is 25.3 Å². The zero-order valence-corrected chi connectivity index (χ0v) is 18.3. The molecule has 0 radical (unpaired) electrons. The summed E-state index contributed by atoms with van der Waals surface area (Å²) in [6, 6.07) is 19.9. The van der Waals surface area contributed by atoms with Crippen LogP contribution >= 0.6 is 0 Å². The third-order valence-electron chi connectivity index (χ3n) is 4.59. The van der Waals surface area contributed by atoms with E-state index in [4.69, 9.17) is 14.2 Å². The van der Waals surface area contributed by atoms with E-state index in [0.717, 1.165) is 0 Å². The molecule has 0 fully saturated rings. The summed E-state index contributed by atoms with van der Waals surface area (Å²) in [5.74, 6) is 0.692. The third kappa shape index (κ3) is 6.58. The van der Waals surface area contributed by atoms with E-state index >= 15 is 0 Å². The second-order valence-electron chi connectivity index (χ2n) is 6.90. The van der Waals surface area contributed by atoms with Crippen LogP contribution in [0.5, 0.6) is 17.2 Å². The van der Waals surface area contributed by atoms with Crippen LogP contribution in [0.4, 0.5) is 10.1 Å². The molecule has 0 heterocycles. The molecule has 3 rings (SSSR count). The summed E-state index contributed by atoms with van der Waals surface area (Å²) >= 11 is 0. The lowest BCUT2D eigenvalue weighted by Gasteiger charge is -2.12. The van der Waals surface area contributed by atoms with E-state index in [2.05, 4.69) is 5.32 Å². The Hall–Kier alpha value is -4.31. The zero-order valence-electron chi connectivity index (χ0n) is 18.3. The molecule has 7 heteroatoms. The van der Waals surface area contributed by atoms with Gasteiger partial charge in [-0.2, -0.15) is 5.26 Å². The molecule has 0 aliphatic rings. The smallest absolute Gasteiger partial charge is 0.266 e. The maximum Gasteiger partial charge on any atom is 0.266 e. The highest BCUT2D eigenvalue weighted by Gasteiger charge is 2.13. The van der Waals surface area contributed by atoms with Crippen LogP contribution in [0.25, 0.3) is 6.08 Å². The molecule has 0 aliphatic carbocycles. The molecule has 0 atom stereocenters. The van der Waals surface area contributed by atoms with Crippen molar-refractivity contribution in [1.29, 1.82) is 5.26 Å². The lowest BCUT2D eigenvalue weighted by Crippen LogP contribution is -2.13. The fourth-order valence-corrected chi connectivity index (χ4v) is 2.98. The van der Waals surface area contributed by atoms with Gasteiger partial charge in [0, 0.05) is 17.3 Å². The molecule has 0 aliphatic heterocycles. The number of hydrogen-bond acceptors (Lipinski definition) is 5. The summed E-state index contributed by atoms with van der Waals surface area (Å²) in [5.41, 5.74) is 1.57. The van der Waals surface area contributed by atoms with Crippen molar-refractivity contribution in [2.24, 2.45) is 0 Å². The Morgan fingerprint density at radius 1 is 1.06 bits per heavy atom. The van der Waals surface area contributed by atoms with Gasteiger partial charge >= 0.3 is 0 Å². The number of anilines is 1. The molecular weight excluding hydrogens is 423 g/mol. The Morgan fingerprint density at radius 2 is 1.82 bits per heavy atom. The maximum absolute atomic E-state index is 13.5. The molecule has 1 amide bonds. The van der Waals surface area contributed by atoms with E-state index in [0.29, 0.717) is 40.7 Å². The molecule has 0 saturated carbocycles. The van der Waals surface area contributed by atoms with E-state index in [1.807, 2.05) is 13.0 Å². The first-order valence-electron chi connectivity index (χ1n) is 10.2.